The van der Waals surface area contributed by atoms with E-state index < -0.39 is 15.6 Å². The summed E-state index contributed by atoms with van der Waals surface area (Å²) in [6.07, 6.45) is 0. The van der Waals surface area contributed by atoms with Crippen molar-refractivity contribution in [3.8, 4) is 0 Å². The number of nitrogens with one attached hydrogen (secondary N) is 1. The Balaban J connectivity index is 0. The predicted octanol–water partition coefficient (Wildman–Crippen LogP) is -2.15. The second-order valence-electron chi connectivity index (χ2n) is 0.204. The molecule has 0 aromatic heterocycles. The molecule has 0 spiro atoms. The second kappa shape index (κ2) is 8.83. The molecule has 0 saturated heterocycles. The summed E-state index contributed by atoms with van der Waals surface area (Å²) >= 11 is -1.54. The summed E-state index contributed by atoms with van der Waals surface area (Å²) in [5, 5.41) is 8.79. The molecule has 0 unspecified atom stereocenters. The van der Waals surface area contributed by atoms with Crippen molar-refractivity contribution >= 4 is 35.4 Å². The Labute approximate surface area is 49.1 Å². The molecule has 0 aliphatic heterocycles. The second-order valence-corrected chi connectivity index (χ2v) is 1.06. The monoisotopic (exact) mass is 193 g/mol. The normalized spacial score (nSPS) is 3.40. The van der Waals surface area contributed by atoms with Gasteiger partial charge in [-0.05, 0) is 0 Å². The molecule has 0 amide bonds. The first kappa shape index (κ1) is 9.22. The van der Waals surface area contributed by atoms with E-state index in [1.807, 2.05) is 0 Å². The van der Waals surface area contributed by atoms with Gasteiger partial charge in [0.15, 0.2) is 0 Å². The molecule has 5 heteroatoms. The van der Waals surface area contributed by atoms with Gasteiger partial charge in [-0.25, -0.2) is 0 Å². The fraction of sp³-hybridized carbons (Fsp3) is 0. The molecule has 5 heavy (non-hydrogen) atoms. The quantitative estimate of drug-likeness (QED) is 0.381. The minimum atomic E-state index is -1.54. The molecule has 0 aromatic carbocycles. The van der Waals surface area contributed by atoms with Gasteiger partial charge in [0.05, 0.1) is 0 Å². The third kappa shape index (κ3) is 11.8. The van der Waals surface area contributed by atoms with Crippen LogP contribution < -0.4 is 4.44 Å². The maximum absolute atomic E-state index is 9.00. The summed E-state index contributed by atoms with van der Waals surface area (Å²) in [4.78, 5) is 0. The van der Waals surface area contributed by atoms with Gasteiger partial charge >= 0.3 is 48.8 Å². The third-order valence-corrected chi connectivity index (χ3v) is 0.217. The Morgan fingerprint density at radius 1 is 1.80 bits per heavy atom. The van der Waals surface area contributed by atoms with Crippen LogP contribution in [0.2, 0.25) is 0 Å². The van der Waals surface area contributed by atoms with Gasteiger partial charge in [-0.1, -0.05) is 0 Å². The minimum absolute atomic E-state index is 0. The number of hydrogen-bond donors (Lipinski definition) is 1. The summed E-state index contributed by atoms with van der Waals surface area (Å²) in [6, 6.07) is 0. The van der Waals surface area contributed by atoms with E-state index in [0.717, 1.165) is 0 Å². The van der Waals surface area contributed by atoms with Crippen LogP contribution in [0, 0.1) is 5.21 Å². The van der Waals surface area contributed by atoms with Gasteiger partial charge < -0.3 is 0 Å². The molecule has 0 heterocycles. The van der Waals surface area contributed by atoms with Gasteiger partial charge in [0.2, 0.25) is 0 Å². The van der Waals surface area contributed by atoms with Gasteiger partial charge in [0.1, 0.15) is 0 Å². The molecule has 0 aliphatic carbocycles. The molecule has 0 saturated carbocycles. The van der Waals surface area contributed by atoms with Crippen molar-refractivity contribution < 1.29 is 3.78 Å². The summed E-state index contributed by atoms with van der Waals surface area (Å²) in [6.45, 7) is 0. The van der Waals surface area contributed by atoms with E-state index in [2.05, 4.69) is 0 Å². The summed E-state index contributed by atoms with van der Waals surface area (Å²) in [7, 11) is 0. The van der Waals surface area contributed by atoms with Crippen molar-refractivity contribution in [2.24, 2.45) is 0 Å². The molecular weight excluding hydrogens is 188 g/mol. The van der Waals surface area contributed by atoms with Gasteiger partial charge in [0, 0.05) is 0 Å². The van der Waals surface area contributed by atoms with Crippen LogP contribution in [0.1, 0.15) is 0 Å². The van der Waals surface area contributed by atoms with Crippen LogP contribution in [-0.2, 0) is 3.78 Å². The molecule has 0 bridgehead atoms. The van der Waals surface area contributed by atoms with Crippen LogP contribution in [0.3, 0.4) is 0 Å². The maximum atomic E-state index is 9.00. The topological polar surface area (TPSA) is 52.2 Å². The van der Waals surface area contributed by atoms with Gasteiger partial charge in [0.25, 0.3) is 0 Å². The van der Waals surface area contributed by atoms with Gasteiger partial charge in [-0.3, -0.25) is 0 Å². The third-order valence-electron chi connectivity index (χ3n) is 0.0417. The first-order valence-corrected chi connectivity index (χ1v) is 2.56. The first-order chi connectivity index (χ1) is 1.91. The van der Waals surface area contributed by atoms with Crippen molar-refractivity contribution in [2.45, 2.75) is 0 Å². The Morgan fingerprint density at radius 2 is 2.00 bits per heavy atom. The van der Waals surface area contributed by atoms with E-state index >= 15 is 0 Å². The molecule has 0 fully saturated rings. The van der Waals surface area contributed by atoms with Crippen LogP contribution in [-0.4, -0.2) is 35.4 Å². The van der Waals surface area contributed by atoms with Crippen LogP contribution in [0.15, 0.2) is 0 Å². The van der Waals surface area contributed by atoms with E-state index in [-0.39, 0.29) is 19.8 Å². The molecule has 0 aromatic rings. The fourth-order valence-electron chi connectivity index (χ4n) is 0. The zero-order valence-electron chi connectivity index (χ0n) is 1.82. The van der Waals surface area contributed by atoms with Gasteiger partial charge in [-0.15, -0.1) is 0 Å². The standard InChI is InChI=1S/Ga.GeHNO2.3H/c;3-1-2-4;;;/h;2H;;;. The van der Waals surface area contributed by atoms with Crippen molar-refractivity contribution in [2.75, 3.05) is 0 Å². The Kier molecular flexibility index (Phi) is 16.3. The van der Waals surface area contributed by atoms with E-state index in [0.29, 0.717) is 0 Å². The fourth-order valence-corrected chi connectivity index (χ4v) is 0. The van der Waals surface area contributed by atoms with Crippen molar-refractivity contribution in [1.82, 2.24) is 4.44 Å². The van der Waals surface area contributed by atoms with E-state index in [4.69, 9.17) is 8.99 Å². The SMILES string of the molecule is [GaH3].[O]=[Ge+][NH][O-]. The van der Waals surface area contributed by atoms with Crippen LogP contribution in [0.4, 0.5) is 0 Å². The molecular formula is H4GaGeNO2. The van der Waals surface area contributed by atoms with Gasteiger partial charge in [-0.2, -0.15) is 0 Å². The predicted molar refractivity (Wildman–Crippen MR) is 22.9 cm³/mol. The average Bonchev–Trinajstić information content (AvgIpc) is 1.37. The van der Waals surface area contributed by atoms with Crippen LogP contribution in [0.25, 0.3) is 0 Å². The zero-order valence-corrected chi connectivity index (χ0v) is 3.91. The first-order valence-electron chi connectivity index (χ1n) is 0.658. The van der Waals surface area contributed by atoms with Crippen molar-refractivity contribution in [3.05, 3.63) is 5.21 Å². The number of rotatable bonds is 1. The number of hydrogen-bond acceptors (Lipinski definition) is 2. The molecule has 0 radical (unpaired) electrons. The Bertz CT molecular complexity index is 23.6. The molecule has 0 atom stereocenters. The van der Waals surface area contributed by atoms with Crippen molar-refractivity contribution in [1.29, 1.82) is 0 Å². The zero-order chi connectivity index (χ0) is 3.41. The van der Waals surface area contributed by atoms with Crippen LogP contribution in [0.5, 0.6) is 0 Å². The summed E-state index contributed by atoms with van der Waals surface area (Å²) in [5.41, 5.74) is 0. The van der Waals surface area contributed by atoms with E-state index in [9.17, 15) is 0 Å². The summed E-state index contributed by atoms with van der Waals surface area (Å²) in [5.74, 6) is 0. The molecule has 1 N–H and O–H groups in total. The summed E-state index contributed by atoms with van der Waals surface area (Å²) < 4.78 is 10.2. The van der Waals surface area contributed by atoms with E-state index in [1.165, 1.54) is 4.44 Å². The molecule has 0 aliphatic rings. The van der Waals surface area contributed by atoms with Crippen LogP contribution >= 0.6 is 0 Å². The average molecular weight is 192 g/mol. The molecule has 3 nitrogen and oxygen atoms in total. The molecule has 28 valence electrons. The van der Waals surface area contributed by atoms with Crippen molar-refractivity contribution in [3.63, 3.8) is 0 Å². The van der Waals surface area contributed by atoms with E-state index in [1.54, 1.807) is 0 Å². The Morgan fingerprint density at radius 3 is 2.00 bits per heavy atom. The molecule has 0 rings (SSSR count). The Hall–Kier alpha value is 0.739.